The monoisotopic (exact) mass is 344 g/mol. The average molecular weight is 344 g/mol. The first-order valence-corrected chi connectivity index (χ1v) is 8.34. The number of benzene rings is 2. The Morgan fingerprint density at radius 2 is 1.77 bits per heavy atom. The molecule has 4 aromatic rings. The van der Waals surface area contributed by atoms with Gasteiger partial charge in [0.15, 0.2) is 0 Å². The largest absolute Gasteiger partial charge is 0.464 e. The highest BCUT2D eigenvalue weighted by atomic mass is 16.6. The molecule has 5 nitrogen and oxygen atoms in total. The molecular weight excluding hydrogens is 328 g/mol. The molecule has 0 aliphatic heterocycles. The molecule has 0 saturated carbocycles. The lowest BCUT2D eigenvalue weighted by atomic mass is 9.97. The zero-order valence-electron chi connectivity index (χ0n) is 14.0. The maximum atomic E-state index is 11.1. The highest BCUT2D eigenvalue weighted by Gasteiger charge is 2.13. The van der Waals surface area contributed by atoms with E-state index in [0.717, 1.165) is 40.5 Å². The molecule has 2 heterocycles. The molecule has 26 heavy (non-hydrogen) atoms. The number of non-ortho nitro benzene ring substituents is 1. The van der Waals surface area contributed by atoms with Crippen molar-refractivity contribution in [1.82, 2.24) is 4.98 Å². The first kappa shape index (κ1) is 16.0. The second-order valence-corrected chi connectivity index (χ2v) is 6.15. The van der Waals surface area contributed by atoms with Crippen molar-refractivity contribution >= 4 is 16.7 Å². The van der Waals surface area contributed by atoms with Crippen LogP contribution < -0.4 is 0 Å². The van der Waals surface area contributed by atoms with E-state index in [1.807, 2.05) is 24.3 Å². The second-order valence-electron chi connectivity index (χ2n) is 6.15. The molecule has 2 aromatic heterocycles. The summed E-state index contributed by atoms with van der Waals surface area (Å²) >= 11 is 0. The SMILES string of the molecule is O=[N+]([O-])c1cccc(-c2cc(CCc3ccncc3)cc3ccoc23)c1. The zero-order chi connectivity index (χ0) is 17.9. The molecule has 128 valence electrons. The lowest BCUT2D eigenvalue weighted by Gasteiger charge is -2.08. The molecular formula is C21H16N2O3. The van der Waals surface area contributed by atoms with E-state index in [-0.39, 0.29) is 10.6 Å². The van der Waals surface area contributed by atoms with Crippen LogP contribution in [-0.4, -0.2) is 9.91 Å². The number of hydrogen-bond acceptors (Lipinski definition) is 4. The second kappa shape index (κ2) is 6.80. The summed E-state index contributed by atoms with van der Waals surface area (Å²) in [6.07, 6.45) is 7.01. The van der Waals surface area contributed by atoms with Crippen LogP contribution in [0.15, 0.2) is 77.7 Å². The Kier molecular flexibility index (Phi) is 4.19. The van der Waals surface area contributed by atoms with Gasteiger partial charge >= 0.3 is 0 Å². The molecule has 0 aliphatic rings. The zero-order valence-corrected chi connectivity index (χ0v) is 14.0. The highest BCUT2D eigenvalue weighted by molar-refractivity contribution is 5.93. The van der Waals surface area contributed by atoms with Crippen molar-refractivity contribution in [2.75, 3.05) is 0 Å². The van der Waals surface area contributed by atoms with Gasteiger partial charge in [0.05, 0.1) is 11.2 Å². The van der Waals surface area contributed by atoms with Gasteiger partial charge in [0, 0.05) is 35.5 Å². The summed E-state index contributed by atoms with van der Waals surface area (Å²) in [5.74, 6) is 0. The Hall–Kier alpha value is -3.47. The number of fused-ring (bicyclic) bond motifs is 1. The fourth-order valence-corrected chi connectivity index (χ4v) is 3.13. The van der Waals surface area contributed by atoms with Crippen molar-refractivity contribution < 1.29 is 9.34 Å². The van der Waals surface area contributed by atoms with Gasteiger partial charge < -0.3 is 4.42 Å². The van der Waals surface area contributed by atoms with Crippen LogP contribution in [0.4, 0.5) is 5.69 Å². The van der Waals surface area contributed by atoms with E-state index < -0.39 is 0 Å². The minimum Gasteiger partial charge on any atom is -0.464 e. The van der Waals surface area contributed by atoms with Gasteiger partial charge in [-0.25, -0.2) is 0 Å². The lowest BCUT2D eigenvalue weighted by molar-refractivity contribution is -0.384. The molecule has 0 atom stereocenters. The molecule has 2 aromatic carbocycles. The number of furan rings is 1. The Bertz CT molecular complexity index is 1070. The van der Waals surface area contributed by atoms with Gasteiger partial charge in [-0.3, -0.25) is 15.1 Å². The van der Waals surface area contributed by atoms with E-state index in [1.54, 1.807) is 30.8 Å². The minimum absolute atomic E-state index is 0.0735. The summed E-state index contributed by atoms with van der Waals surface area (Å²) in [5, 5.41) is 12.1. The van der Waals surface area contributed by atoms with Crippen LogP contribution in [0.3, 0.4) is 0 Å². The molecule has 4 rings (SSSR count). The van der Waals surface area contributed by atoms with E-state index in [1.165, 1.54) is 11.6 Å². The molecule has 0 unspecified atom stereocenters. The molecule has 0 saturated heterocycles. The Balaban J connectivity index is 1.73. The molecule has 0 spiro atoms. The van der Waals surface area contributed by atoms with Crippen molar-refractivity contribution in [3.8, 4) is 11.1 Å². The van der Waals surface area contributed by atoms with Gasteiger partial charge in [-0.05, 0) is 59.9 Å². The van der Waals surface area contributed by atoms with Crippen LogP contribution in [0.25, 0.3) is 22.1 Å². The number of hydrogen-bond donors (Lipinski definition) is 0. The van der Waals surface area contributed by atoms with Crippen LogP contribution in [0, 0.1) is 10.1 Å². The number of nitrogens with zero attached hydrogens (tertiary/aromatic N) is 2. The summed E-state index contributed by atoms with van der Waals surface area (Å²) in [6, 6.07) is 16.8. The fourth-order valence-electron chi connectivity index (χ4n) is 3.13. The quantitative estimate of drug-likeness (QED) is 0.369. The number of nitro groups is 1. The van der Waals surface area contributed by atoms with Crippen molar-refractivity contribution in [1.29, 1.82) is 0 Å². The summed E-state index contributed by atoms with van der Waals surface area (Å²) < 4.78 is 5.64. The van der Waals surface area contributed by atoms with Crippen molar-refractivity contribution in [3.63, 3.8) is 0 Å². The maximum Gasteiger partial charge on any atom is 0.270 e. The third-order valence-corrected chi connectivity index (χ3v) is 4.43. The number of nitro benzene ring substituents is 1. The van der Waals surface area contributed by atoms with Crippen LogP contribution in [0.5, 0.6) is 0 Å². The summed E-state index contributed by atoms with van der Waals surface area (Å²) in [6.45, 7) is 0. The summed E-state index contributed by atoms with van der Waals surface area (Å²) in [7, 11) is 0. The van der Waals surface area contributed by atoms with Crippen molar-refractivity contribution in [2.45, 2.75) is 12.8 Å². The van der Waals surface area contributed by atoms with Crippen molar-refractivity contribution in [2.24, 2.45) is 0 Å². The number of aromatic nitrogens is 1. The van der Waals surface area contributed by atoms with Crippen molar-refractivity contribution in [3.05, 3.63) is 94.5 Å². The van der Waals surface area contributed by atoms with Crippen LogP contribution in [0.2, 0.25) is 0 Å². The van der Waals surface area contributed by atoms with Gasteiger partial charge in [0.2, 0.25) is 0 Å². The van der Waals surface area contributed by atoms with E-state index in [9.17, 15) is 10.1 Å². The summed E-state index contributed by atoms with van der Waals surface area (Å²) in [5.41, 5.74) is 4.87. The van der Waals surface area contributed by atoms with E-state index in [2.05, 4.69) is 17.1 Å². The van der Waals surface area contributed by atoms with E-state index in [4.69, 9.17) is 4.42 Å². The third kappa shape index (κ3) is 3.19. The molecule has 0 aliphatic carbocycles. The standard InChI is InChI=1S/C21H16N2O3/c24-23(25)19-3-1-2-17(14-19)20-13-16(12-18-8-11-26-21(18)20)5-4-15-6-9-22-10-7-15/h1-3,6-14H,4-5H2. The number of aryl methyl sites for hydroxylation is 2. The first-order valence-electron chi connectivity index (χ1n) is 8.34. The Morgan fingerprint density at radius 3 is 2.58 bits per heavy atom. The molecule has 0 bridgehead atoms. The Labute approximate surface area is 150 Å². The van der Waals surface area contributed by atoms with E-state index in [0.29, 0.717) is 0 Å². The molecule has 0 amide bonds. The predicted octanol–water partition coefficient (Wildman–Crippen LogP) is 5.19. The predicted molar refractivity (Wildman–Crippen MR) is 99.9 cm³/mol. The number of rotatable bonds is 5. The highest BCUT2D eigenvalue weighted by Crippen LogP contribution is 2.33. The Morgan fingerprint density at radius 1 is 0.962 bits per heavy atom. The topological polar surface area (TPSA) is 69.2 Å². The molecule has 0 N–H and O–H groups in total. The normalized spacial score (nSPS) is 10.9. The fraction of sp³-hybridized carbons (Fsp3) is 0.0952. The minimum atomic E-state index is -0.379. The maximum absolute atomic E-state index is 11.1. The van der Waals surface area contributed by atoms with Gasteiger partial charge in [0.1, 0.15) is 5.58 Å². The van der Waals surface area contributed by atoms with Gasteiger partial charge in [-0.15, -0.1) is 0 Å². The van der Waals surface area contributed by atoms with Gasteiger partial charge in [-0.1, -0.05) is 12.1 Å². The van der Waals surface area contributed by atoms with Crippen LogP contribution in [-0.2, 0) is 12.8 Å². The van der Waals surface area contributed by atoms with E-state index >= 15 is 0 Å². The molecule has 0 fully saturated rings. The van der Waals surface area contributed by atoms with Gasteiger partial charge in [-0.2, -0.15) is 0 Å². The van der Waals surface area contributed by atoms with Gasteiger partial charge in [0.25, 0.3) is 5.69 Å². The lowest BCUT2D eigenvalue weighted by Crippen LogP contribution is -1.93. The average Bonchev–Trinajstić information content (AvgIpc) is 3.15. The summed E-state index contributed by atoms with van der Waals surface area (Å²) in [4.78, 5) is 14.8. The molecule has 5 heteroatoms. The van der Waals surface area contributed by atoms with Crippen LogP contribution >= 0.6 is 0 Å². The smallest absolute Gasteiger partial charge is 0.270 e. The number of pyridine rings is 1. The van der Waals surface area contributed by atoms with Crippen LogP contribution in [0.1, 0.15) is 11.1 Å². The third-order valence-electron chi connectivity index (χ3n) is 4.43. The molecule has 0 radical (unpaired) electrons. The first-order chi connectivity index (χ1) is 12.7.